The van der Waals surface area contributed by atoms with Crippen molar-refractivity contribution in [1.82, 2.24) is 15.2 Å². The monoisotopic (exact) mass is 428 g/mol. The highest BCUT2D eigenvalue weighted by Crippen LogP contribution is 2.09. The van der Waals surface area contributed by atoms with Crippen molar-refractivity contribution in [3.8, 4) is 0 Å². The average molecular weight is 428 g/mol. The van der Waals surface area contributed by atoms with Gasteiger partial charge in [-0.1, -0.05) is 29.8 Å². The third-order valence-electron chi connectivity index (χ3n) is 3.58. The minimum Gasteiger partial charge on any atom is -0.444 e. The summed E-state index contributed by atoms with van der Waals surface area (Å²) in [6.45, 7) is 7.28. The molecule has 0 radical (unpaired) electrons. The van der Waals surface area contributed by atoms with Gasteiger partial charge in [0.05, 0.1) is 12.2 Å². The van der Waals surface area contributed by atoms with Crippen LogP contribution >= 0.6 is 24.0 Å². The van der Waals surface area contributed by atoms with Gasteiger partial charge in [0.1, 0.15) is 5.76 Å². The Kier molecular flexibility index (Phi) is 7.54. The zero-order chi connectivity index (χ0) is 16.1. The predicted octanol–water partition coefficient (Wildman–Crippen LogP) is 3.43. The maximum absolute atomic E-state index is 5.57. The molecule has 1 aromatic carbocycles. The van der Waals surface area contributed by atoms with Gasteiger partial charge >= 0.3 is 0 Å². The Hall–Kier alpha value is -1.57. The van der Waals surface area contributed by atoms with Gasteiger partial charge in [0.2, 0.25) is 5.89 Å². The fourth-order valence-corrected chi connectivity index (χ4v) is 2.20. The van der Waals surface area contributed by atoms with E-state index in [4.69, 9.17) is 4.42 Å². The predicted molar refractivity (Wildman–Crippen MR) is 104 cm³/mol. The summed E-state index contributed by atoms with van der Waals surface area (Å²) in [6, 6.07) is 8.52. The maximum Gasteiger partial charge on any atom is 0.214 e. The number of rotatable bonds is 4. The summed E-state index contributed by atoms with van der Waals surface area (Å²) in [5.74, 6) is 2.36. The third-order valence-corrected chi connectivity index (χ3v) is 3.58. The zero-order valence-corrected chi connectivity index (χ0v) is 16.7. The number of hydrogen-bond acceptors (Lipinski definition) is 3. The second kappa shape index (κ2) is 8.90. The lowest BCUT2D eigenvalue weighted by molar-refractivity contribution is 0.443. The van der Waals surface area contributed by atoms with Crippen molar-refractivity contribution in [2.45, 2.75) is 33.9 Å². The Morgan fingerprint density at radius 2 is 1.87 bits per heavy atom. The molecule has 0 aliphatic carbocycles. The lowest BCUT2D eigenvalue weighted by Crippen LogP contribution is -2.38. The lowest BCUT2D eigenvalue weighted by Gasteiger charge is -2.21. The summed E-state index contributed by atoms with van der Waals surface area (Å²) in [5.41, 5.74) is 3.45. The van der Waals surface area contributed by atoms with Crippen molar-refractivity contribution in [3.63, 3.8) is 0 Å². The van der Waals surface area contributed by atoms with Crippen LogP contribution in [0.3, 0.4) is 0 Å². The van der Waals surface area contributed by atoms with E-state index in [0.717, 1.165) is 24.0 Å². The van der Waals surface area contributed by atoms with Gasteiger partial charge < -0.3 is 14.6 Å². The van der Waals surface area contributed by atoms with E-state index >= 15 is 0 Å². The molecule has 126 valence electrons. The number of hydrogen-bond donors (Lipinski definition) is 1. The van der Waals surface area contributed by atoms with E-state index < -0.39 is 0 Å². The molecule has 0 unspecified atom stereocenters. The largest absolute Gasteiger partial charge is 0.444 e. The van der Waals surface area contributed by atoms with Gasteiger partial charge in [-0.15, -0.1) is 24.0 Å². The second-order valence-corrected chi connectivity index (χ2v) is 5.49. The van der Waals surface area contributed by atoms with Crippen molar-refractivity contribution in [2.24, 2.45) is 4.99 Å². The molecule has 0 bridgehead atoms. The summed E-state index contributed by atoms with van der Waals surface area (Å²) in [7, 11) is 3.79. The molecule has 0 fully saturated rings. The van der Waals surface area contributed by atoms with Crippen LogP contribution in [-0.2, 0) is 13.1 Å². The summed E-state index contributed by atoms with van der Waals surface area (Å²) in [4.78, 5) is 10.8. The molecule has 1 heterocycles. The molecule has 0 amide bonds. The first-order valence-corrected chi connectivity index (χ1v) is 7.40. The molecule has 23 heavy (non-hydrogen) atoms. The number of benzene rings is 1. The fourth-order valence-electron chi connectivity index (χ4n) is 2.20. The number of nitrogens with zero attached hydrogens (tertiary/aromatic N) is 3. The highest BCUT2D eigenvalue weighted by molar-refractivity contribution is 14.0. The molecule has 1 N–H and O–H groups in total. The van der Waals surface area contributed by atoms with Crippen LogP contribution in [0.15, 0.2) is 33.7 Å². The highest BCUT2D eigenvalue weighted by atomic mass is 127. The van der Waals surface area contributed by atoms with Gasteiger partial charge in [-0.25, -0.2) is 4.98 Å². The topological polar surface area (TPSA) is 53.7 Å². The molecule has 2 aromatic rings. The summed E-state index contributed by atoms with van der Waals surface area (Å²) >= 11 is 0. The van der Waals surface area contributed by atoms with Crippen LogP contribution in [0.2, 0.25) is 0 Å². The van der Waals surface area contributed by atoms with Crippen molar-refractivity contribution < 1.29 is 4.42 Å². The van der Waals surface area contributed by atoms with Crippen LogP contribution in [0, 0.1) is 20.8 Å². The second-order valence-electron chi connectivity index (χ2n) is 5.49. The summed E-state index contributed by atoms with van der Waals surface area (Å²) < 4.78 is 5.57. The number of halogens is 1. The summed E-state index contributed by atoms with van der Waals surface area (Å²) in [6.07, 6.45) is 0. The molecule has 0 saturated carbocycles. The minimum atomic E-state index is 0. The number of nitrogens with one attached hydrogen (secondary N) is 1. The smallest absolute Gasteiger partial charge is 0.214 e. The molecular formula is C17H25IN4O. The first kappa shape index (κ1) is 19.5. The van der Waals surface area contributed by atoms with Crippen molar-refractivity contribution in [2.75, 3.05) is 14.1 Å². The first-order chi connectivity index (χ1) is 10.5. The minimum absolute atomic E-state index is 0. The van der Waals surface area contributed by atoms with Gasteiger partial charge in [-0.05, 0) is 26.3 Å². The fraction of sp³-hybridized carbons (Fsp3) is 0.412. The maximum atomic E-state index is 5.57. The van der Waals surface area contributed by atoms with Crippen LogP contribution in [0.25, 0.3) is 0 Å². The number of aromatic nitrogens is 1. The Morgan fingerprint density at radius 1 is 1.22 bits per heavy atom. The van der Waals surface area contributed by atoms with Crippen LogP contribution in [-0.4, -0.2) is 29.9 Å². The van der Waals surface area contributed by atoms with Crippen LogP contribution in [0.1, 0.15) is 28.5 Å². The first-order valence-electron chi connectivity index (χ1n) is 7.40. The Morgan fingerprint density at radius 3 is 2.39 bits per heavy atom. The average Bonchev–Trinajstić information content (AvgIpc) is 2.81. The van der Waals surface area contributed by atoms with Crippen LogP contribution in [0.5, 0.6) is 0 Å². The van der Waals surface area contributed by atoms with Crippen molar-refractivity contribution in [1.29, 1.82) is 0 Å². The molecule has 6 heteroatoms. The number of oxazole rings is 1. The molecule has 0 aliphatic rings. The summed E-state index contributed by atoms with van der Waals surface area (Å²) in [5, 5.41) is 3.28. The Bertz CT molecular complexity index is 630. The molecule has 5 nitrogen and oxygen atoms in total. The van der Waals surface area contributed by atoms with Crippen molar-refractivity contribution in [3.05, 3.63) is 52.7 Å². The SMILES string of the molecule is CN=C(NCc1nc(C)c(C)o1)N(C)Cc1ccc(C)cc1.I. The molecule has 0 aliphatic heterocycles. The Labute approximate surface area is 155 Å². The number of aliphatic imine (C=N–C) groups is 1. The highest BCUT2D eigenvalue weighted by Gasteiger charge is 2.09. The van der Waals surface area contributed by atoms with Gasteiger partial charge in [0.15, 0.2) is 5.96 Å². The van der Waals surface area contributed by atoms with E-state index in [-0.39, 0.29) is 24.0 Å². The number of aryl methyl sites for hydroxylation is 3. The van der Waals surface area contributed by atoms with Crippen LogP contribution in [0.4, 0.5) is 0 Å². The van der Waals surface area contributed by atoms with E-state index in [2.05, 4.69) is 51.4 Å². The Balaban J connectivity index is 0.00000264. The van der Waals surface area contributed by atoms with E-state index in [1.54, 1.807) is 7.05 Å². The number of guanidine groups is 1. The molecule has 0 saturated heterocycles. The normalized spacial score (nSPS) is 11.1. The standard InChI is InChI=1S/C17H24N4O.HI/c1-12-6-8-15(9-7-12)11-21(5)17(18-4)19-10-16-20-13(2)14(3)22-16;/h6-9H,10-11H2,1-5H3,(H,18,19);1H. The van der Waals surface area contributed by atoms with E-state index in [9.17, 15) is 0 Å². The zero-order valence-electron chi connectivity index (χ0n) is 14.4. The van der Waals surface area contributed by atoms with Gasteiger partial charge in [0, 0.05) is 20.6 Å². The van der Waals surface area contributed by atoms with Crippen molar-refractivity contribution >= 4 is 29.9 Å². The lowest BCUT2D eigenvalue weighted by atomic mass is 10.1. The van der Waals surface area contributed by atoms with E-state index in [1.807, 2.05) is 20.9 Å². The van der Waals surface area contributed by atoms with E-state index in [0.29, 0.717) is 12.4 Å². The molecule has 0 atom stereocenters. The van der Waals surface area contributed by atoms with Gasteiger partial charge in [-0.3, -0.25) is 4.99 Å². The van der Waals surface area contributed by atoms with Gasteiger partial charge in [0.25, 0.3) is 0 Å². The molecule has 1 aromatic heterocycles. The van der Waals surface area contributed by atoms with Crippen LogP contribution < -0.4 is 5.32 Å². The molecule has 2 rings (SSSR count). The van der Waals surface area contributed by atoms with Gasteiger partial charge in [-0.2, -0.15) is 0 Å². The quantitative estimate of drug-likeness (QED) is 0.461. The third kappa shape index (κ3) is 5.53. The molecule has 0 spiro atoms. The van der Waals surface area contributed by atoms with E-state index in [1.165, 1.54) is 11.1 Å². The molecular weight excluding hydrogens is 403 g/mol.